The summed E-state index contributed by atoms with van der Waals surface area (Å²) in [5.41, 5.74) is -0.458. The number of aryl methyl sites for hydroxylation is 1. The minimum atomic E-state index is -4.87. The summed E-state index contributed by atoms with van der Waals surface area (Å²) in [7, 11) is 0. The molecule has 0 aliphatic heterocycles. The summed E-state index contributed by atoms with van der Waals surface area (Å²) in [5.74, 6) is -1.89. The van der Waals surface area contributed by atoms with E-state index in [1.807, 2.05) is 0 Å². The fourth-order valence-electron chi connectivity index (χ4n) is 0.962. The average Bonchev–Trinajstić information content (AvgIpc) is 2.43. The van der Waals surface area contributed by atoms with Crippen LogP contribution in [0.2, 0.25) is 0 Å². The Kier molecular flexibility index (Phi) is 2.98. The molecule has 0 atom stereocenters. The summed E-state index contributed by atoms with van der Waals surface area (Å²) in [5, 5.41) is 3.62. The second-order valence-electron chi connectivity index (χ2n) is 2.48. The number of halogens is 4. The van der Waals surface area contributed by atoms with Gasteiger partial charge in [-0.25, -0.2) is 0 Å². The van der Waals surface area contributed by atoms with Crippen molar-refractivity contribution in [2.24, 2.45) is 0 Å². The lowest BCUT2D eigenvalue weighted by Gasteiger charge is -2.07. The highest BCUT2D eigenvalue weighted by atomic mass is 79.9. The molecule has 0 saturated carbocycles. The van der Waals surface area contributed by atoms with E-state index in [0.29, 0.717) is 0 Å². The molecular weight excluding hydrogens is 265 g/mol. The number of ketones is 1. The molecule has 0 aliphatic carbocycles. The summed E-state index contributed by atoms with van der Waals surface area (Å²) in [4.78, 5) is 10.9. The summed E-state index contributed by atoms with van der Waals surface area (Å²) >= 11 is 2.85. The number of nitrogens with zero attached hydrogens (tertiary/aromatic N) is 2. The van der Waals surface area contributed by atoms with Crippen molar-refractivity contribution in [1.29, 1.82) is 0 Å². The number of Topliss-reactive ketones (excluding diaryl/α,β-unsaturated/α-hetero) is 1. The van der Waals surface area contributed by atoms with Crippen molar-refractivity contribution in [2.45, 2.75) is 19.6 Å². The van der Waals surface area contributed by atoms with E-state index in [4.69, 9.17) is 0 Å². The molecule has 0 N–H and O–H groups in total. The standard InChI is InChI=1S/C7H6BrF3N2O/c1-2-13-5(4(8)3-12-13)6(14)7(9,10)11/h3H,2H2,1H3. The fraction of sp³-hybridized carbons (Fsp3) is 0.429. The first kappa shape index (κ1) is 11.2. The van der Waals surface area contributed by atoms with E-state index < -0.39 is 17.7 Å². The van der Waals surface area contributed by atoms with E-state index in [-0.39, 0.29) is 11.0 Å². The maximum absolute atomic E-state index is 12.1. The van der Waals surface area contributed by atoms with Gasteiger partial charge in [-0.3, -0.25) is 9.48 Å². The van der Waals surface area contributed by atoms with Crippen molar-refractivity contribution < 1.29 is 18.0 Å². The lowest BCUT2D eigenvalue weighted by Crippen LogP contribution is -2.26. The van der Waals surface area contributed by atoms with Crippen LogP contribution in [0.15, 0.2) is 10.7 Å². The van der Waals surface area contributed by atoms with Gasteiger partial charge in [-0.2, -0.15) is 18.3 Å². The maximum atomic E-state index is 12.1. The molecule has 0 saturated heterocycles. The molecular formula is C7H6BrF3N2O. The third-order valence-electron chi connectivity index (χ3n) is 1.57. The van der Waals surface area contributed by atoms with Gasteiger partial charge in [-0.15, -0.1) is 0 Å². The third-order valence-corrected chi connectivity index (χ3v) is 2.15. The van der Waals surface area contributed by atoms with Crippen molar-refractivity contribution in [1.82, 2.24) is 9.78 Å². The Hall–Kier alpha value is -0.850. The number of carbonyl (C=O) groups excluding carboxylic acids is 1. The average molecular weight is 271 g/mol. The summed E-state index contributed by atoms with van der Waals surface area (Å²) in [6, 6.07) is 0. The van der Waals surface area contributed by atoms with Gasteiger partial charge in [0.2, 0.25) is 0 Å². The van der Waals surface area contributed by atoms with Crippen LogP contribution in [0.4, 0.5) is 13.2 Å². The van der Waals surface area contributed by atoms with Crippen LogP contribution in [0.3, 0.4) is 0 Å². The Bertz CT molecular complexity index is 358. The molecule has 0 unspecified atom stereocenters. The van der Waals surface area contributed by atoms with E-state index >= 15 is 0 Å². The van der Waals surface area contributed by atoms with Gasteiger partial charge in [0.15, 0.2) is 0 Å². The van der Waals surface area contributed by atoms with Crippen LogP contribution in [-0.2, 0) is 6.54 Å². The van der Waals surface area contributed by atoms with Crippen molar-refractivity contribution in [2.75, 3.05) is 0 Å². The Morgan fingerprint density at radius 2 is 2.21 bits per heavy atom. The van der Waals surface area contributed by atoms with E-state index in [9.17, 15) is 18.0 Å². The molecule has 0 aliphatic rings. The second kappa shape index (κ2) is 3.72. The third kappa shape index (κ3) is 1.97. The predicted molar refractivity (Wildman–Crippen MR) is 46.0 cm³/mol. The number of alkyl halides is 3. The minimum absolute atomic E-state index is 0.0571. The summed E-state index contributed by atoms with van der Waals surface area (Å²) in [6.45, 7) is 1.81. The van der Waals surface area contributed by atoms with Crippen LogP contribution in [0.1, 0.15) is 17.4 Å². The lowest BCUT2D eigenvalue weighted by atomic mass is 10.3. The monoisotopic (exact) mass is 270 g/mol. The Labute approximate surface area is 86.0 Å². The van der Waals surface area contributed by atoms with E-state index in [1.165, 1.54) is 6.20 Å². The van der Waals surface area contributed by atoms with Crippen LogP contribution in [0.25, 0.3) is 0 Å². The molecule has 3 nitrogen and oxygen atoms in total. The highest BCUT2D eigenvalue weighted by Gasteiger charge is 2.42. The smallest absolute Gasteiger partial charge is 0.282 e. The van der Waals surface area contributed by atoms with Gasteiger partial charge >= 0.3 is 6.18 Å². The van der Waals surface area contributed by atoms with Gasteiger partial charge in [0.25, 0.3) is 5.78 Å². The SMILES string of the molecule is CCn1ncc(Br)c1C(=O)C(F)(F)F. The van der Waals surface area contributed by atoms with E-state index in [0.717, 1.165) is 4.68 Å². The molecule has 78 valence electrons. The van der Waals surface area contributed by atoms with Crippen molar-refractivity contribution >= 4 is 21.7 Å². The quantitative estimate of drug-likeness (QED) is 0.774. The largest absolute Gasteiger partial charge is 0.456 e. The molecule has 14 heavy (non-hydrogen) atoms. The molecule has 1 aromatic rings. The minimum Gasteiger partial charge on any atom is -0.282 e. The molecule has 1 aromatic heterocycles. The van der Waals surface area contributed by atoms with Gasteiger partial charge in [0.05, 0.1) is 10.7 Å². The second-order valence-corrected chi connectivity index (χ2v) is 3.34. The van der Waals surface area contributed by atoms with Gasteiger partial charge in [0.1, 0.15) is 5.69 Å². The lowest BCUT2D eigenvalue weighted by molar-refractivity contribution is -0.0891. The van der Waals surface area contributed by atoms with Crippen LogP contribution in [0.5, 0.6) is 0 Å². The van der Waals surface area contributed by atoms with Crippen LogP contribution < -0.4 is 0 Å². The Morgan fingerprint density at radius 3 is 2.64 bits per heavy atom. The molecule has 7 heteroatoms. The molecule has 0 radical (unpaired) electrons. The Morgan fingerprint density at radius 1 is 1.64 bits per heavy atom. The zero-order valence-corrected chi connectivity index (χ0v) is 8.68. The Balaban J connectivity index is 3.18. The maximum Gasteiger partial charge on any atom is 0.456 e. The van der Waals surface area contributed by atoms with Gasteiger partial charge in [-0.1, -0.05) is 0 Å². The first-order valence-corrected chi connectivity index (χ1v) is 4.50. The fourth-order valence-corrected chi connectivity index (χ4v) is 1.44. The normalized spacial score (nSPS) is 11.8. The van der Waals surface area contributed by atoms with Gasteiger partial charge < -0.3 is 0 Å². The van der Waals surface area contributed by atoms with Crippen LogP contribution in [-0.4, -0.2) is 21.7 Å². The first-order valence-electron chi connectivity index (χ1n) is 3.70. The summed E-state index contributed by atoms with van der Waals surface area (Å²) in [6.07, 6.45) is -3.70. The molecule has 1 heterocycles. The van der Waals surface area contributed by atoms with Crippen LogP contribution in [0, 0.1) is 0 Å². The highest BCUT2D eigenvalue weighted by molar-refractivity contribution is 9.10. The molecule has 1 rings (SSSR count). The number of hydrogen-bond acceptors (Lipinski definition) is 2. The summed E-state index contributed by atoms with van der Waals surface area (Å²) < 4.78 is 37.3. The number of rotatable bonds is 2. The van der Waals surface area contributed by atoms with Crippen molar-refractivity contribution in [3.05, 3.63) is 16.4 Å². The number of aromatic nitrogens is 2. The topological polar surface area (TPSA) is 34.9 Å². The van der Waals surface area contributed by atoms with Crippen LogP contribution >= 0.6 is 15.9 Å². The predicted octanol–water partition coefficient (Wildman–Crippen LogP) is 2.41. The van der Waals surface area contributed by atoms with E-state index in [1.54, 1.807) is 6.92 Å². The highest BCUT2D eigenvalue weighted by Crippen LogP contribution is 2.26. The zero-order valence-electron chi connectivity index (χ0n) is 7.10. The number of hydrogen-bond donors (Lipinski definition) is 0. The molecule has 0 amide bonds. The molecule has 0 bridgehead atoms. The molecule has 0 fully saturated rings. The van der Waals surface area contributed by atoms with Crippen molar-refractivity contribution in [3.63, 3.8) is 0 Å². The van der Waals surface area contributed by atoms with E-state index in [2.05, 4.69) is 21.0 Å². The first-order chi connectivity index (χ1) is 6.38. The van der Waals surface area contributed by atoms with Crippen molar-refractivity contribution in [3.8, 4) is 0 Å². The van der Waals surface area contributed by atoms with Gasteiger partial charge in [-0.05, 0) is 22.9 Å². The zero-order chi connectivity index (χ0) is 10.9. The van der Waals surface area contributed by atoms with Gasteiger partial charge in [0, 0.05) is 6.54 Å². The molecule has 0 aromatic carbocycles. The molecule has 0 spiro atoms. The number of carbonyl (C=O) groups is 1.